The highest BCUT2D eigenvalue weighted by Crippen LogP contribution is 2.71. The minimum Gasteiger partial charge on any atom is -0.400 e. The molecule has 0 amide bonds. The topological polar surface area (TPSA) is 38.8 Å². The van der Waals surface area contributed by atoms with E-state index in [1.807, 2.05) is 72.4 Å². The van der Waals surface area contributed by atoms with E-state index in [-0.39, 0.29) is 17.2 Å². The van der Waals surface area contributed by atoms with Crippen molar-refractivity contribution in [3.63, 3.8) is 0 Å². The van der Waals surface area contributed by atoms with E-state index in [0.717, 1.165) is 11.1 Å². The third-order valence-corrected chi connectivity index (χ3v) is 13.9. The molecule has 6 heteroatoms. The second-order valence-electron chi connectivity index (χ2n) is 9.46. The summed E-state index contributed by atoms with van der Waals surface area (Å²) in [5.74, 6) is -0.606. The van der Waals surface area contributed by atoms with Gasteiger partial charge >= 0.3 is 7.52 Å². The number of rotatable bonds is 5. The normalized spacial score (nSPS) is 27.1. The van der Waals surface area contributed by atoms with Crippen molar-refractivity contribution in [2.75, 3.05) is 7.05 Å². The number of likely N-dealkylation sites (N-methyl/N-ethyl adjacent to an activating group) is 1. The van der Waals surface area contributed by atoms with Crippen LogP contribution in [0.1, 0.15) is 50.8 Å². The molecule has 4 atom stereocenters. The third kappa shape index (κ3) is 4.30. The molecule has 0 bridgehead atoms. The second-order valence-corrected chi connectivity index (χ2v) is 16.7. The predicted octanol–water partition coefficient (Wildman–Crippen LogP) is 6.99. The molecule has 2 aromatic rings. The van der Waals surface area contributed by atoms with Gasteiger partial charge in [-0.3, -0.25) is 4.57 Å². The number of nitrogens with zero attached hydrogens (tertiary/aromatic N) is 1. The average Bonchev–Trinajstić information content (AvgIpc) is 2.92. The van der Waals surface area contributed by atoms with E-state index in [1.165, 1.54) is 0 Å². The first-order chi connectivity index (χ1) is 13.5. The minimum absolute atomic E-state index is 0.00192. The molecule has 1 saturated heterocycles. The lowest BCUT2D eigenvalue weighted by molar-refractivity contribution is 0.184. The van der Waals surface area contributed by atoms with Crippen LogP contribution in [-0.2, 0) is 13.5 Å². The zero-order chi connectivity index (χ0) is 21.4. The van der Waals surface area contributed by atoms with Crippen molar-refractivity contribution in [2.24, 2.45) is 0 Å². The van der Waals surface area contributed by atoms with Crippen molar-refractivity contribution in [1.29, 1.82) is 0 Å². The van der Waals surface area contributed by atoms with Crippen LogP contribution in [0.25, 0.3) is 0 Å². The van der Waals surface area contributed by atoms with E-state index < -0.39 is 21.7 Å². The van der Waals surface area contributed by atoms with Crippen molar-refractivity contribution < 1.29 is 13.5 Å². The van der Waals surface area contributed by atoms with Gasteiger partial charge in [-0.1, -0.05) is 81.4 Å². The van der Waals surface area contributed by atoms with Crippen molar-refractivity contribution in [2.45, 2.75) is 63.8 Å². The average molecular weight is 432 g/mol. The number of benzene rings is 2. The SMILES string of the molecule is C[C@H]1[C@@H](c2ccccc2)O[P@](=O)([C@H](O[Si](C)(C)C(C)(C)C)c2ccccc2)N1C. The fourth-order valence-corrected chi connectivity index (χ4v) is 8.14. The van der Waals surface area contributed by atoms with Crippen LogP contribution in [0.5, 0.6) is 0 Å². The van der Waals surface area contributed by atoms with Gasteiger partial charge in [0.1, 0.15) is 6.10 Å². The molecule has 0 aromatic heterocycles. The molecule has 1 heterocycles. The lowest BCUT2D eigenvalue weighted by Crippen LogP contribution is -2.42. The summed E-state index contributed by atoms with van der Waals surface area (Å²) >= 11 is 0. The first-order valence-electron chi connectivity index (χ1n) is 10.3. The van der Waals surface area contributed by atoms with Crippen molar-refractivity contribution in [3.05, 3.63) is 71.8 Å². The van der Waals surface area contributed by atoms with Crippen LogP contribution in [0.4, 0.5) is 0 Å². The summed E-state index contributed by atoms with van der Waals surface area (Å²) in [7, 11) is -3.59. The molecule has 1 aliphatic rings. The number of hydrogen-bond donors (Lipinski definition) is 0. The van der Waals surface area contributed by atoms with Gasteiger partial charge in [-0.2, -0.15) is 0 Å². The highest BCUT2D eigenvalue weighted by Gasteiger charge is 2.54. The lowest BCUT2D eigenvalue weighted by Gasteiger charge is -2.41. The Morgan fingerprint density at radius 2 is 1.55 bits per heavy atom. The molecule has 0 unspecified atom stereocenters. The van der Waals surface area contributed by atoms with Gasteiger partial charge in [0.15, 0.2) is 14.2 Å². The van der Waals surface area contributed by atoms with Gasteiger partial charge in [-0.15, -0.1) is 0 Å². The van der Waals surface area contributed by atoms with Gasteiger partial charge in [0.25, 0.3) is 0 Å². The molecule has 158 valence electrons. The van der Waals surface area contributed by atoms with Crippen LogP contribution < -0.4 is 0 Å². The van der Waals surface area contributed by atoms with E-state index in [2.05, 4.69) is 40.8 Å². The molecular weight excluding hydrogens is 397 g/mol. The Morgan fingerprint density at radius 1 is 1.03 bits per heavy atom. The molecule has 0 N–H and O–H groups in total. The quantitative estimate of drug-likeness (QED) is 0.378. The Balaban J connectivity index is 2.04. The third-order valence-electron chi connectivity index (χ3n) is 6.45. The summed E-state index contributed by atoms with van der Waals surface area (Å²) in [5.41, 5.74) is 1.96. The van der Waals surface area contributed by atoms with E-state index in [4.69, 9.17) is 8.95 Å². The Bertz CT molecular complexity index is 867. The molecule has 1 aliphatic heterocycles. The zero-order valence-electron chi connectivity index (χ0n) is 18.6. The van der Waals surface area contributed by atoms with Crippen LogP contribution in [0.15, 0.2) is 60.7 Å². The maximum Gasteiger partial charge on any atom is 0.304 e. The van der Waals surface area contributed by atoms with E-state index in [0.29, 0.717) is 0 Å². The van der Waals surface area contributed by atoms with Gasteiger partial charge in [0.2, 0.25) is 0 Å². The molecule has 3 rings (SSSR count). The summed E-state index contributed by atoms with van der Waals surface area (Å²) in [6.45, 7) is 13.1. The minimum atomic E-state index is -3.29. The molecule has 4 nitrogen and oxygen atoms in total. The van der Waals surface area contributed by atoms with Crippen molar-refractivity contribution >= 4 is 15.8 Å². The van der Waals surface area contributed by atoms with E-state index in [9.17, 15) is 4.57 Å². The predicted molar refractivity (Wildman–Crippen MR) is 123 cm³/mol. The maximum absolute atomic E-state index is 14.4. The summed E-state index contributed by atoms with van der Waals surface area (Å²) in [6, 6.07) is 19.9. The van der Waals surface area contributed by atoms with Crippen molar-refractivity contribution in [1.82, 2.24) is 4.67 Å². The van der Waals surface area contributed by atoms with Crippen molar-refractivity contribution in [3.8, 4) is 0 Å². The molecule has 0 radical (unpaired) electrons. The largest absolute Gasteiger partial charge is 0.400 e. The molecule has 0 aliphatic carbocycles. The van der Waals surface area contributed by atoms with Gasteiger partial charge < -0.3 is 8.95 Å². The van der Waals surface area contributed by atoms with Gasteiger partial charge in [0.05, 0.1) is 0 Å². The Labute approximate surface area is 176 Å². The van der Waals surface area contributed by atoms with Gasteiger partial charge in [-0.25, -0.2) is 4.67 Å². The first-order valence-corrected chi connectivity index (χ1v) is 14.8. The van der Waals surface area contributed by atoms with E-state index >= 15 is 0 Å². The Morgan fingerprint density at radius 3 is 2.07 bits per heavy atom. The standard InChI is InChI=1S/C23H34NO3PSi/c1-18-21(19-14-10-8-11-15-19)26-28(25,24(18)5)22(20-16-12-9-13-17-20)27-29(6,7)23(2,3)4/h8-18,21-22H,1-7H3/t18-,21-,22-,28+/m0/s1. The van der Waals surface area contributed by atoms with E-state index in [1.54, 1.807) is 0 Å². The maximum atomic E-state index is 14.4. The van der Waals surface area contributed by atoms with Gasteiger partial charge in [-0.05, 0) is 43.2 Å². The first kappa shape index (κ1) is 22.5. The molecule has 0 saturated carbocycles. The van der Waals surface area contributed by atoms with Crippen LogP contribution >= 0.6 is 7.52 Å². The fourth-order valence-electron chi connectivity index (χ4n) is 3.37. The molecular formula is C23H34NO3PSi. The zero-order valence-corrected chi connectivity index (χ0v) is 20.5. The van der Waals surface area contributed by atoms with Crippen LogP contribution in [0.2, 0.25) is 18.1 Å². The highest BCUT2D eigenvalue weighted by molar-refractivity contribution is 7.57. The molecule has 1 fully saturated rings. The van der Waals surface area contributed by atoms with Crippen LogP contribution in [0, 0.1) is 0 Å². The fraction of sp³-hybridized carbons (Fsp3) is 0.478. The summed E-state index contributed by atoms with van der Waals surface area (Å²) in [5, 5.41) is 0.00192. The summed E-state index contributed by atoms with van der Waals surface area (Å²) in [4.78, 5) is 0. The Hall–Kier alpha value is -1.23. The molecule has 0 spiro atoms. The van der Waals surface area contributed by atoms with Crippen LogP contribution in [-0.4, -0.2) is 26.1 Å². The molecule has 29 heavy (non-hydrogen) atoms. The lowest BCUT2D eigenvalue weighted by atomic mass is 10.0. The number of hydrogen-bond acceptors (Lipinski definition) is 3. The van der Waals surface area contributed by atoms with Gasteiger partial charge in [0, 0.05) is 6.04 Å². The second kappa shape index (κ2) is 8.13. The summed E-state index contributed by atoms with van der Waals surface area (Å²) in [6.07, 6.45) is -0.249. The highest BCUT2D eigenvalue weighted by atomic mass is 31.2. The molecule has 2 aromatic carbocycles. The van der Waals surface area contributed by atoms with Crippen LogP contribution in [0.3, 0.4) is 0 Å². The summed E-state index contributed by atoms with van der Waals surface area (Å²) < 4.78 is 29.6. The smallest absolute Gasteiger partial charge is 0.304 e. The monoisotopic (exact) mass is 431 g/mol. The Kier molecular flexibility index (Phi) is 6.29.